The summed E-state index contributed by atoms with van der Waals surface area (Å²) in [7, 11) is 4.20. The molecule has 27 heavy (non-hydrogen) atoms. The Kier molecular flexibility index (Phi) is 3.88. The lowest BCUT2D eigenvalue weighted by Crippen LogP contribution is -2.35. The van der Waals surface area contributed by atoms with Crippen molar-refractivity contribution < 1.29 is 9.37 Å². The van der Waals surface area contributed by atoms with Crippen molar-refractivity contribution in [2.24, 2.45) is 7.05 Å². The molecule has 0 N–H and O–H groups in total. The number of carbonyl (C=O) groups excluding carboxylic acids is 1. The third kappa shape index (κ3) is 2.21. The number of benzene rings is 1. The highest BCUT2D eigenvalue weighted by Crippen LogP contribution is 2.47. The Balaban J connectivity index is 2.09. The van der Waals surface area contributed by atoms with Crippen LogP contribution < -0.4 is 0 Å². The van der Waals surface area contributed by atoms with Crippen LogP contribution >= 0.6 is 0 Å². The zero-order chi connectivity index (χ0) is 19.5. The number of carbonyl (C=O) groups is 1. The summed E-state index contributed by atoms with van der Waals surface area (Å²) in [5.74, 6) is 0.182. The number of aromatic nitrogens is 1. The number of allylic oxidation sites excluding steroid dienone is 6. The lowest BCUT2D eigenvalue weighted by molar-refractivity contribution is -0.441. The van der Waals surface area contributed by atoms with Crippen LogP contribution in [0.5, 0.6) is 0 Å². The molecule has 0 amide bonds. The molecule has 0 saturated carbocycles. The number of Topliss-reactive ketones (excluding diaryl/α,β-unsaturated/α-hetero) is 1. The van der Waals surface area contributed by atoms with Crippen molar-refractivity contribution in [2.45, 2.75) is 39.5 Å². The molecule has 3 nitrogen and oxygen atoms in total. The van der Waals surface area contributed by atoms with Gasteiger partial charge in [-0.1, -0.05) is 30.4 Å². The number of ketones is 1. The smallest absolute Gasteiger partial charge is 0.192 e. The van der Waals surface area contributed by atoms with Crippen LogP contribution in [0.15, 0.2) is 59.3 Å². The number of rotatable bonds is 3. The first-order valence-electron chi connectivity index (χ1n) is 9.54. The summed E-state index contributed by atoms with van der Waals surface area (Å²) in [5, 5.41) is 1.17. The summed E-state index contributed by atoms with van der Waals surface area (Å²) in [4.78, 5) is 13.3. The fourth-order valence-corrected chi connectivity index (χ4v) is 4.92. The van der Waals surface area contributed by atoms with Gasteiger partial charge in [0.2, 0.25) is 0 Å². The number of hydrogen-bond donors (Lipinski definition) is 0. The van der Waals surface area contributed by atoms with Gasteiger partial charge in [-0.25, -0.2) is 4.58 Å². The topological polar surface area (TPSA) is 25.0 Å². The minimum atomic E-state index is -0.692. The van der Waals surface area contributed by atoms with E-state index in [1.165, 1.54) is 27.9 Å². The molecule has 1 atom stereocenters. The van der Waals surface area contributed by atoms with Crippen molar-refractivity contribution in [3.05, 3.63) is 70.6 Å². The highest BCUT2D eigenvalue weighted by Gasteiger charge is 2.49. The lowest BCUT2D eigenvalue weighted by atomic mass is 9.68. The highest BCUT2D eigenvalue weighted by molar-refractivity contribution is 6.09. The fraction of sp³-hybridized carbons (Fsp3) is 0.333. The molecular formula is C24H27N2O+. The Morgan fingerprint density at radius 3 is 2.63 bits per heavy atom. The zero-order valence-corrected chi connectivity index (χ0v) is 17.1. The van der Waals surface area contributed by atoms with Crippen molar-refractivity contribution in [3.8, 4) is 0 Å². The molecule has 1 aromatic carbocycles. The summed E-state index contributed by atoms with van der Waals surface area (Å²) in [6, 6.07) is 8.40. The first kappa shape index (κ1) is 17.7. The van der Waals surface area contributed by atoms with Crippen LogP contribution in [0.2, 0.25) is 0 Å². The number of hydrogen-bond acceptors (Lipinski definition) is 1. The SMILES string of the molecule is CC(=O)C(C)(C1=C(C)[N+](C)=C2CC=CC=C12)c1c(C)n(C)c2ccccc12. The molecule has 0 bridgehead atoms. The standard InChI is InChI=1S/C24H27N2O/c1-15-22(18-11-7-9-13-20(18)25(15)5)24(4,17(3)27)23-16(2)26(6)21-14-10-8-12-19(21)23/h7-13H,14H2,1-6H3/q+1. The third-order valence-electron chi connectivity index (χ3n) is 6.66. The van der Waals surface area contributed by atoms with Gasteiger partial charge in [0, 0.05) is 30.6 Å². The quantitative estimate of drug-likeness (QED) is 0.736. The summed E-state index contributed by atoms with van der Waals surface area (Å²) >= 11 is 0. The summed E-state index contributed by atoms with van der Waals surface area (Å²) in [5.41, 5.74) is 7.58. The van der Waals surface area contributed by atoms with Crippen LogP contribution in [0.1, 0.15) is 38.4 Å². The minimum absolute atomic E-state index is 0.182. The third-order valence-corrected chi connectivity index (χ3v) is 6.66. The van der Waals surface area contributed by atoms with Crippen molar-refractivity contribution in [1.29, 1.82) is 0 Å². The Morgan fingerprint density at radius 1 is 1.22 bits per heavy atom. The first-order valence-corrected chi connectivity index (χ1v) is 9.54. The van der Waals surface area contributed by atoms with E-state index in [1.54, 1.807) is 6.92 Å². The second-order valence-corrected chi connectivity index (χ2v) is 7.90. The molecule has 2 heterocycles. The Labute approximate surface area is 161 Å². The average molecular weight is 359 g/mol. The largest absolute Gasteiger partial charge is 0.348 e. The average Bonchev–Trinajstić information content (AvgIpc) is 3.07. The number of para-hydroxylation sites is 1. The van der Waals surface area contributed by atoms with Crippen LogP contribution in [0.4, 0.5) is 0 Å². The molecule has 1 unspecified atom stereocenters. The second kappa shape index (κ2) is 5.91. The van der Waals surface area contributed by atoms with Crippen molar-refractivity contribution in [3.63, 3.8) is 0 Å². The van der Waals surface area contributed by atoms with E-state index in [0.717, 1.165) is 23.3 Å². The molecule has 0 radical (unpaired) electrons. The predicted octanol–water partition coefficient (Wildman–Crippen LogP) is 4.59. The van der Waals surface area contributed by atoms with Crippen molar-refractivity contribution >= 4 is 22.4 Å². The van der Waals surface area contributed by atoms with Gasteiger partial charge in [-0.05, 0) is 38.5 Å². The van der Waals surface area contributed by atoms with Gasteiger partial charge in [0.05, 0.1) is 23.0 Å². The summed E-state index contributed by atoms with van der Waals surface area (Å²) in [6.07, 6.45) is 7.37. The van der Waals surface area contributed by atoms with E-state index in [4.69, 9.17) is 0 Å². The number of fused-ring (bicyclic) bond motifs is 2. The molecule has 4 rings (SSSR count). The van der Waals surface area contributed by atoms with E-state index in [-0.39, 0.29) is 5.78 Å². The van der Waals surface area contributed by atoms with Crippen LogP contribution in [-0.2, 0) is 17.3 Å². The van der Waals surface area contributed by atoms with Crippen molar-refractivity contribution in [1.82, 2.24) is 4.57 Å². The van der Waals surface area contributed by atoms with Gasteiger partial charge in [-0.3, -0.25) is 4.79 Å². The normalized spacial score (nSPS) is 18.8. The molecule has 2 aliphatic rings. The van der Waals surface area contributed by atoms with Gasteiger partial charge in [0.25, 0.3) is 0 Å². The van der Waals surface area contributed by atoms with Gasteiger partial charge < -0.3 is 4.57 Å². The zero-order valence-electron chi connectivity index (χ0n) is 17.1. The lowest BCUT2D eigenvalue weighted by Gasteiger charge is -2.30. The van der Waals surface area contributed by atoms with E-state index in [9.17, 15) is 4.79 Å². The molecule has 0 spiro atoms. The van der Waals surface area contributed by atoms with Crippen LogP contribution in [0.3, 0.4) is 0 Å². The fourth-order valence-electron chi connectivity index (χ4n) is 4.92. The molecule has 0 fully saturated rings. The van der Waals surface area contributed by atoms with Crippen LogP contribution in [0, 0.1) is 6.92 Å². The van der Waals surface area contributed by atoms with Gasteiger partial charge >= 0.3 is 0 Å². The van der Waals surface area contributed by atoms with Crippen molar-refractivity contribution in [2.75, 3.05) is 7.05 Å². The van der Waals surface area contributed by atoms with Crippen LogP contribution in [0.25, 0.3) is 10.9 Å². The maximum Gasteiger partial charge on any atom is 0.192 e. The second-order valence-electron chi connectivity index (χ2n) is 7.90. The maximum atomic E-state index is 13.3. The van der Waals surface area contributed by atoms with Gasteiger partial charge in [0.1, 0.15) is 12.8 Å². The Bertz CT molecular complexity index is 1120. The molecule has 0 saturated heterocycles. The monoisotopic (exact) mass is 359 g/mol. The first-order chi connectivity index (χ1) is 12.8. The van der Waals surface area contributed by atoms with E-state index in [2.05, 4.69) is 86.5 Å². The maximum absolute atomic E-state index is 13.3. The molecule has 138 valence electrons. The van der Waals surface area contributed by atoms with E-state index >= 15 is 0 Å². The van der Waals surface area contributed by atoms with Crippen LogP contribution in [-0.4, -0.2) is 27.7 Å². The number of nitrogens with zero attached hydrogens (tertiary/aromatic N) is 2. The molecule has 1 aromatic heterocycles. The molecule has 1 aliphatic heterocycles. The predicted molar refractivity (Wildman–Crippen MR) is 111 cm³/mol. The van der Waals surface area contributed by atoms with Gasteiger partial charge in [-0.15, -0.1) is 0 Å². The van der Waals surface area contributed by atoms with E-state index in [1.807, 2.05) is 0 Å². The van der Waals surface area contributed by atoms with E-state index < -0.39 is 5.41 Å². The number of aryl methyl sites for hydroxylation is 1. The van der Waals surface area contributed by atoms with E-state index in [0.29, 0.717) is 0 Å². The summed E-state index contributed by atoms with van der Waals surface area (Å²) in [6.45, 7) is 8.12. The molecule has 1 aliphatic carbocycles. The Hall–Kier alpha value is -2.68. The minimum Gasteiger partial charge on any atom is -0.348 e. The molecule has 3 heteroatoms. The highest BCUT2D eigenvalue weighted by atomic mass is 16.1. The molecular weight excluding hydrogens is 332 g/mol. The Morgan fingerprint density at radius 2 is 1.93 bits per heavy atom. The van der Waals surface area contributed by atoms with Gasteiger partial charge in [-0.2, -0.15) is 0 Å². The summed E-state index contributed by atoms with van der Waals surface area (Å²) < 4.78 is 4.46. The molecule has 2 aromatic rings. The van der Waals surface area contributed by atoms with Gasteiger partial charge in [0.15, 0.2) is 11.4 Å².